The molecule has 36 heavy (non-hydrogen) atoms. The predicted molar refractivity (Wildman–Crippen MR) is 148 cm³/mol. The van der Waals surface area contributed by atoms with Gasteiger partial charge >= 0.3 is 0 Å². The summed E-state index contributed by atoms with van der Waals surface area (Å²) in [6, 6.07) is 22.4. The number of thiocarbonyl (C=S) groups is 1. The second-order valence-electron chi connectivity index (χ2n) is 8.28. The Kier molecular flexibility index (Phi) is 10.3. The lowest BCUT2D eigenvalue weighted by Crippen LogP contribution is -2.49. The van der Waals surface area contributed by atoms with E-state index in [0.717, 1.165) is 22.0 Å². The molecule has 0 aliphatic rings. The van der Waals surface area contributed by atoms with Crippen LogP contribution in [-0.4, -0.2) is 30.1 Å². The maximum atomic E-state index is 12.8. The fourth-order valence-electron chi connectivity index (χ4n) is 3.17. The van der Waals surface area contributed by atoms with Crippen molar-refractivity contribution in [2.45, 2.75) is 20.3 Å². The Bertz CT molecular complexity index is 1200. The summed E-state index contributed by atoms with van der Waals surface area (Å²) in [5, 5.41) is 2.48. The van der Waals surface area contributed by atoms with Crippen molar-refractivity contribution in [3.8, 4) is 22.6 Å². The monoisotopic (exact) mass is 569 g/mol. The van der Waals surface area contributed by atoms with Crippen molar-refractivity contribution in [3.63, 3.8) is 0 Å². The maximum Gasteiger partial charge on any atom is 0.276 e. The van der Waals surface area contributed by atoms with Gasteiger partial charge in [-0.05, 0) is 54.4 Å². The zero-order valence-electron chi connectivity index (χ0n) is 20.0. The average Bonchev–Trinajstić information content (AvgIpc) is 2.87. The van der Waals surface area contributed by atoms with Crippen molar-refractivity contribution in [2.24, 2.45) is 5.92 Å². The van der Waals surface area contributed by atoms with Gasteiger partial charge in [0.2, 0.25) is 0 Å². The van der Waals surface area contributed by atoms with E-state index in [1.807, 2.05) is 48.5 Å². The summed E-state index contributed by atoms with van der Waals surface area (Å²) in [4.78, 5) is 25.1. The number of amides is 2. The van der Waals surface area contributed by atoms with Gasteiger partial charge in [0, 0.05) is 10.0 Å². The van der Waals surface area contributed by atoms with Gasteiger partial charge in [-0.15, -0.1) is 0 Å². The molecular formula is C27H28BrN3O4S. The zero-order chi connectivity index (χ0) is 25.9. The number of ether oxygens (including phenoxy) is 2. The third-order valence-electron chi connectivity index (χ3n) is 5.01. The lowest BCUT2D eigenvalue weighted by atomic mass is 10.1. The largest absolute Gasteiger partial charge is 0.493 e. The minimum absolute atomic E-state index is 0.0638. The minimum Gasteiger partial charge on any atom is -0.493 e. The molecule has 0 saturated carbocycles. The molecule has 0 saturated heterocycles. The highest BCUT2D eigenvalue weighted by atomic mass is 79.9. The van der Waals surface area contributed by atoms with Crippen molar-refractivity contribution in [3.05, 3.63) is 82.8 Å². The van der Waals surface area contributed by atoms with E-state index >= 15 is 0 Å². The van der Waals surface area contributed by atoms with E-state index < -0.39 is 11.8 Å². The summed E-state index contributed by atoms with van der Waals surface area (Å²) in [6.45, 7) is 4.45. The molecule has 0 aromatic heterocycles. The third kappa shape index (κ3) is 8.35. The number of carbonyl (C=O) groups is 2. The molecule has 188 valence electrons. The lowest BCUT2D eigenvalue weighted by Gasteiger charge is -2.15. The molecule has 7 nitrogen and oxygen atoms in total. The van der Waals surface area contributed by atoms with Gasteiger partial charge in [-0.25, -0.2) is 0 Å². The molecule has 0 aliphatic carbocycles. The van der Waals surface area contributed by atoms with Crippen LogP contribution in [0.4, 0.5) is 0 Å². The molecule has 3 rings (SSSR count). The normalized spacial score (nSPS) is 10.4. The number of halogens is 1. The number of hydrogen-bond acceptors (Lipinski definition) is 5. The summed E-state index contributed by atoms with van der Waals surface area (Å²) in [5.41, 5.74) is 7.14. The van der Waals surface area contributed by atoms with Crippen LogP contribution in [0.25, 0.3) is 11.1 Å². The van der Waals surface area contributed by atoms with Crippen LogP contribution in [0.3, 0.4) is 0 Å². The lowest BCUT2D eigenvalue weighted by molar-refractivity contribution is -0.123. The van der Waals surface area contributed by atoms with Crippen LogP contribution in [0.2, 0.25) is 0 Å². The average molecular weight is 571 g/mol. The highest BCUT2D eigenvalue weighted by Gasteiger charge is 2.16. The quantitative estimate of drug-likeness (QED) is 0.241. The van der Waals surface area contributed by atoms with Crippen LogP contribution in [0.15, 0.2) is 77.3 Å². The first kappa shape index (κ1) is 27.2. The minimum atomic E-state index is -0.463. The van der Waals surface area contributed by atoms with Gasteiger partial charge in [0.1, 0.15) is 11.5 Å². The van der Waals surface area contributed by atoms with Crippen LogP contribution >= 0.6 is 28.1 Å². The van der Waals surface area contributed by atoms with Gasteiger partial charge < -0.3 is 9.47 Å². The Balaban J connectivity index is 1.51. The Hall–Kier alpha value is -3.43. The highest BCUT2D eigenvalue weighted by Crippen LogP contribution is 2.29. The molecule has 2 amide bonds. The molecule has 0 unspecified atom stereocenters. The van der Waals surface area contributed by atoms with Gasteiger partial charge in [0.15, 0.2) is 11.7 Å². The maximum absolute atomic E-state index is 12.8. The van der Waals surface area contributed by atoms with Crippen molar-refractivity contribution in [1.82, 2.24) is 16.2 Å². The van der Waals surface area contributed by atoms with Crippen LogP contribution in [0.5, 0.6) is 11.5 Å². The Morgan fingerprint density at radius 1 is 0.917 bits per heavy atom. The molecule has 0 bridgehead atoms. The van der Waals surface area contributed by atoms with E-state index in [4.69, 9.17) is 21.7 Å². The van der Waals surface area contributed by atoms with E-state index in [9.17, 15) is 9.59 Å². The molecule has 3 aromatic carbocycles. The fraction of sp³-hybridized carbons (Fsp3) is 0.222. The van der Waals surface area contributed by atoms with Crippen LogP contribution in [-0.2, 0) is 4.79 Å². The van der Waals surface area contributed by atoms with Gasteiger partial charge in [-0.1, -0.05) is 78.3 Å². The van der Waals surface area contributed by atoms with Crippen molar-refractivity contribution >= 4 is 45.1 Å². The van der Waals surface area contributed by atoms with Crippen LogP contribution < -0.4 is 25.6 Å². The van der Waals surface area contributed by atoms with Crippen molar-refractivity contribution < 1.29 is 19.1 Å². The van der Waals surface area contributed by atoms with Gasteiger partial charge in [0.25, 0.3) is 11.8 Å². The highest BCUT2D eigenvalue weighted by molar-refractivity contribution is 9.10. The first-order chi connectivity index (χ1) is 17.3. The smallest absolute Gasteiger partial charge is 0.276 e. The summed E-state index contributed by atoms with van der Waals surface area (Å²) >= 11 is 8.53. The molecule has 0 spiro atoms. The molecular weight excluding hydrogens is 542 g/mol. The van der Waals surface area contributed by atoms with E-state index in [-0.39, 0.29) is 11.7 Å². The van der Waals surface area contributed by atoms with E-state index in [1.54, 1.807) is 24.3 Å². The number of para-hydroxylation sites is 1. The number of carbonyl (C=O) groups excluding carboxylic acids is 2. The SMILES string of the molecule is CC(C)CCOc1ccc(Br)cc1C(=O)NC(=S)NNC(=O)COc1ccccc1-c1ccccc1. The van der Waals surface area contributed by atoms with Crippen LogP contribution in [0, 0.1) is 5.92 Å². The van der Waals surface area contributed by atoms with E-state index in [2.05, 4.69) is 45.9 Å². The molecule has 0 fully saturated rings. The first-order valence-electron chi connectivity index (χ1n) is 11.4. The molecule has 3 N–H and O–H groups in total. The molecule has 0 aliphatic heterocycles. The predicted octanol–water partition coefficient (Wildman–Crippen LogP) is 5.26. The van der Waals surface area contributed by atoms with Crippen molar-refractivity contribution in [2.75, 3.05) is 13.2 Å². The van der Waals surface area contributed by atoms with Gasteiger partial charge in [-0.2, -0.15) is 0 Å². The topological polar surface area (TPSA) is 88.7 Å². The number of nitrogens with one attached hydrogen (secondary N) is 3. The van der Waals surface area contributed by atoms with Gasteiger partial charge in [0.05, 0.1) is 12.2 Å². The summed E-state index contributed by atoms with van der Waals surface area (Å²) in [5.74, 6) is 0.585. The Morgan fingerprint density at radius 3 is 2.39 bits per heavy atom. The van der Waals surface area contributed by atoms with E-state index in [0.29, 0.717) is 29.6 Å². The number of hydrogen-bond donors (Lipinski definition) is 3. The van der Waals surface area contributed by atoms with Crippen LogP contribution in [0.1, 0.15) is 30.6 Å². The van der Waals surface area contributed by atoms with E-state index in [1.165, 1.54) is 0 Å². The molecule has 9 heteroatoms. The zero-order valence-corrected chi connectivity index (χ0v) is 22.4. The summed E-state index contributed by atoms with van der Waals surface area (Å²) in [6.07, 6.45) is 0.862. The first-order valence-corrected chi connectivity index (χ1v) is 12.6. The number of rotatable bonds is 9. The second kappa shape index (κ2) is 13.6. The molecule has 0 radical (unpaired) electrons. The second-order valence-corrected chi connectivity index (χ2v) is 9.60. The number of hydrazine groups is 1. The summed E-state index contributed by atoms with van der Waals surface area (Å²) in [7, 11) is 0. The Labute approximate surface area is 224 Å². The van der Waals surface area contributed by atoms with Crippen molar-refractivity contribution in [1.29, 1.82) is 0 Å². The Morgan fingerprint density at radius 2 is 1.64 bits per heavy atom. The number of benzene rings is 3. The molecule has 3 aromatic rings. The molecule has 0 atom stereocenters. The molecule has 0 heterocycles. The summed E-state index contributed by atoms with van der Waals surface area (Å²) < 4.78 is 12.2. The third-order valence-corrected chi connectivity index (χ3v) is 5.71. The fourth-order valence-corrected chi connectivity index (χ4v) is 3.67. The van der Waals surface area contributed by atoms with Gasteiger partial charge in [-0.3, -0.25) is 25.8 Å². The standard InChI is InChI=1S/C27H28BrN3O4S/c1-18(2)14-15-34-24-13-12-20(28)16-22(24)26(33)29-27(36)31-30-25(32)17-35-23-11-7-6-10-21(23)19-8-4-3-5-9-19/h3-13,16,18H,14-15,17H2,1-2H3,(H,30,32)(H2,29,31,33,36).